The van der Waals surface area contributed by atoms with E-state index in [9.17, 15) is 17.6 Å². The number of nitrogens with zero attached hydrogens (tertiary/aromatic N) is 3. The Morgan fingerprint density at radius 2 is 2.00 bits per heavy atom. The highest BCUT2D eigenvalue weighted by atomic mass is 32.2. The number of carbonyl (C=O) groups is 1. The third-order valence-corrected chi connectivity index (χ3v) is 8.26. The number of rotatable bonds is 3. The molecule has 0 saturated carbocycles. The monoisotopic (exact) mass is 437 g/mol. The van der Waals surface area contributed by atoms with E-state index in [0.29, 0.717) is 40.2 Å². The summed E-state index contributed by atoms with van der Waals surface area (Å²) in [6, 6.07) is 6.33. The van der Waals surface area contributed by atoms with E-state index in [1.54, 1.807) is 36.9 Å². The van der Waals surface area contributed by atoms with Crippen LogP contribution in [0, 0.1) is 19.7 Å². The molecule has 7 nitrogen and oxygen atoms in total. The van der Waals surface area contributed by atoms with E-state index in [1.807, 2.05) is 0 Å². The van der Waals surface area contributed by atoms with Gasteiger partial charge in [-0.25, -0.2) is 12.8 Å². The average molecular weight is 438 g/mol. The molecule has 10 heteroatoms. The quantitative estimate of drug-likeness (QED) is 0.628. The first-order valence-corrected chi connectivity index (χ1v) is 11.4. The van der Waals surface area contributed by atoms with Crippen molar-refractivity contribution in [1.82, 2.24) is 14.4 Å². The summed E-state index contributed by atoms with van der Waals surface area (Å²) in [5.74, 6) is -0.306. The van der Waals surface area contributed by atoms with Crippen molar-refractivity contribution >= 4 is 37.4 Å². The molecule has 1 fully saturated rings. The average Bonchev–Trinajstić information content (AvgIpc) is 3.16. The van der Waals surface area contributed by atoms with Gasteiger partial charge in [0.05, 0.1) is 4.88 Å². The third kappa shape index (κ3) is 3.56. The van der Waals surface area contributed by atoms with Crippen LogP contribution in [0.4, 0.5) is 4.39 Å². The number of aryl methyl sites for hydroxylation is 2. The molecule has 3 heterocycles. The lowest BCUT2D eigenvalue weighted by atomic mass is 10.2. The van der Waals surface area contributed by atoms with E-state index < -0.39 is 10.0 Å². The number of halogens is 1. The summed E-state index contributed by atoms with van der Waals surface area (Å²) in [4.78, 5) is 15.1. The second kappa shape index (κ2) is 7.51. The summed E-state index contributed by atoms with van der Waals surface area (Å²) in [6.45, 7) is 4.34. The van der Waals surface area contributed by atoms with Gasteiger partial charge in [-0.15, -0.1) is 11.3 Å². The summed E-state index contributed by atoms with van der Waals surface area (Å²) >= 11 is 1.24. The van der Waals surface area contributed by atoms with E-state index in [0.717, 1.165) is 0 Å². The van der Waals surface area contributed by atoms with Crippen LogP contribution in [0.15, 0.2) is 33.7 Å². The van der Waals surface area contributed by atoms with Crippen LogP contribution in [0.3, 0.4) is 0 Å². The number of sulfonamides is 1. The van der Waals surface area contributed by atoms with Crippen molar-refractivity contribution in [2.24, 2.45) is 0 Å². The molecule has 4 rings (SSSR count). The van der Waals surface area contributed by atoms with Gasteiger partial charge in [-0.1, -0.05) is 11.2 Å². The first-order valence-electron chi connectivity index (χ1n) is 9.19. The zero-order valence-electron chi connectivity index (χ0n) is 16.0. The van der Waals surface area contributed by atoms with Gasteiger partial charge < -0.3 is 9.42 Å². The standard InChI is InChI=1S/C19H20FN3O4S2/c1-12-18(13(2)27-21-12)29(25,26)23-8-4-7-22(9-10-23)19(24)17-11-14-15(20)5-3-6-16(14)28-17/h3,5-6,11H,4,7-10H2,1-2H3. The fourth-order valence-electron chi connectivity index (χ4n) is 3.60. The van der Waals surface area contributed by atoms with Crippen LogP contribution < -0.4 is 0 Å². The van der Waals surface area contributed by atoms with Crippen LogP contribution in [0.5, 0.6) is 0 Å². The lowest BCUT2D eigenvalue weighted by Gasteiger charge is -2.21. The lowest BCUT2D eigenvalue weighted by molar-refractivity contribution is 0.0769. The molecule has 29 heavy (non-hydrogen) atoms. The van der Waals surface area contributed by atoms with Gasteiger partial charge in [-0.3, -0.25) is 4.79 Å². The molecule has 2 aromatic heterocycles. The molecule has 0 bridgehead atoms. The van der Waals surface area contributed by atoms with Gasteiger partial charge >= 0.3 is 0 Å². The minimum absolute atomic E-state index is 0.0947. The summed E-state index contributed by atoms with van der Waals surface area (Å²) in [5.41, 5.74) is 0.326. The van der Waals surface area contributed by atoms with Crippen molar-refractivity contribution in [2.45, 2.75) is 25.2 Å². The molecule has 154 valence electrons. The predicted molar refractivity (Wildman–Crippen MR) is 107 cm³/mol. The second-order valence-corrected chi connectivity index (χ2v) is 9.92. The molecule has 3 aromatic rings. The molecule has 0 radical (unpaired) electrons. The predicted octanol–water partition coefficient (Wildman–Crippen LogP) is 3.18. The van der Waals surface area contributed by atoms with Crippen LogP contribution in [-0.2, 0) is 10.0 Å². The SMILES string of the molecule is Cc1noc(C)c1S(=O)(=O)N1CCCN(C(=O)c2cc3c(F)cccc3s2)CC1. The molecule has 0 unspecified atom stereocenters. The number of hydrogen-bond donors (Lipinski definition) is 0. The number of aromatic nitrogens is 1. The van der Waals surface area contributed by atoms with Crippen LogP contribution in [0.2, 0.25) is 0 Å². The van der Waals surface area contributed by atoms with Crippen molar-refractivity contribution in [3.63, 3.8) is 0 Å². The molecular formula is C19H20FN3O4S2. The van der Waals surface area contributed by atoms with Crippen LogP contribution >= 0.6 is 11.3 Å². The van der Waals surface area contributed by atoms with Gasteiger partial charge in [0, 0.05) is 36.3 Å². The van der Waals surface area contributed by atoms with E-state index in [2.05, 4.69) is 5.16 Å². The van der Waals surface area contributed by atoms with E-state index in [1.165, 1.54) is 21.7 Å². The first kappa shape index (κ1) is 20.0. The zero-order valence-corrected chi connectivity index (χ0v) is 17.6. The Kier molecular flexibility index (Phi) is 5.18. The van der Waals surface area contributed by atoms with E-state index >= 15 is 0 Å². The minimum Gasteiger partial charge on any atom is -0.360 e. The highest BCUT2D eigenvalue weighted by Gasteiger charge is 2.33. The van der Waals surface area contributed by atoms with Crippen molar-refractivity contribution in [1.29, 1.82) is 0 Å². The fourth-order valence-corrected chi connectivity index (χ4v) is 6.40. The Morgan fingerprint density at radius 3 is 2.69 bits per heavy atom. The van der Waals surface area contributed by atoms with Gasteiger partial charge in [0.25, 0.3) is 5.91 Å². The Bertz CT molecular complexity index is 1170. The molecule has 0 spiro atoms. The lowest BCUT2D eigenvalue weighted by Crippen LogP contribution is -2.37. The van der Waals surface area contributed by atoms with Crippen molar-refractivity contribution in [2.75, 3.05) is 26.2 Å². The molecule has 0 atom stereocenters. The minimum atomic E-state index is -3.75. The van der Waals surface area contributed by atoms with Crippen molar-refractivity contribution in [3.8, 4) is 0 Å². The largest absolute Gasteiger partial charge is 0.360 e. The maximum Gasteiger partial charge on any atom is 0.264 e. The smallest absolute Gasteiger partial charge is 0.264 e. The van der Waals surface area contributed by atoms with Gasteiger partial charge in [0.1, 0.15) is 16.4 Å². The number of thiophene rings is 1. The number of amides is 1. The number of hydrogen-bond acceptors (Lipinski definition) is 6. The van der Waals surface area contributed by atoms with Crippen molar-refractivity contribution in [3.05, 3.63) is 46.4 Å². The van der Waals surface area contributed by atoms with Crippen LogP contribution in [0.25, 0.3) is 10.1 Å². The maximum absolute atomic E-state index is 13.9. The number of carbonyl (C=O) groups excluding carboxylic acids is 1. The Labute approximate surface area is 171 Å². The molecule has 1 aromatic carbocycles. The number of fused-ring (bicyclic) bond motifs is 1. The molecule has 1 aliphatic heterocycles. The Morgan fingerprint density at radius 1 is 1.21 bits per heavy atom. The Hall–Kier alpha value is -2.30. The van der Waals surface area contributed by atoms with E-state index in [-0.39, 0.29) is 35.5 Å². The van der Waals surface area contributed by atoms with Crippen molar-refractivity contribution < 1.29 is 22.1 Å². The number of benzene rings is 1. The highest BCUT2D eigenvalue weighted by Crippen LogP contribution is 2.29. The normalized spacial score (nSPS) is 16.3. The first-order chi connectivity index (χ1) is 13.8. The highest BCUT2D eigenvalue weighted by molar-refractivity contribution is 7.89. The summed E-state index contributed by atoms with van der Waals surface area (Å²) < 4.78 is 47.1. The topological polar surface area (TPSA) is 83.7 Å². The Balaban J connectivity index is 1.54. The van der Waals surface area contributed by atoms with Gasteiger partial charge in [-0.2, -0.15) is 4.31 Å². The van der Waals surface area contributed by atoms with Gasteiger partial charge in [-0.05, 0) is 38.5 Å². The van der Waals surface area contributed by atoms with Crippen LogP contribution in [-0.4, -0.2) is 54.9 Å². The van der Waals surface area contributed by atoms with Crippen LogP contribution in [0.1, 0.15) is 27.5 Å². The molecular weight excluding hydrogens is 417 g/mol. The molecule has 1 amide bonds. The fraction of sp³-hybridized carbons (Fsp3) is 0.368. The summed E-state index contributed by atoms with van der Waals surface area (Å²) in [5, 5.41) is 4.17. The summed E-state index contributed by atoms with van der Waals surface area (Å²) in [7, 11) is -3.75. The summed E-state index contributed by atoms with van der Waals surface area (Å²) in [6.07, 6.45) is 0.508. The zero-order chi connectivity index (χ0) is 20.8. The van der Waals surface area contributed by atoms with E-state index in [4.69, 9.17) is 4.52 Å². The maximum atomic E-state index is 13.9. The van der Waals surface area contributed by atoms with Gasteiger partial charge in [0.15, 0.2) is 5.76 Å². The van der Waals surface area contributed by atoms with Gasteiger partial charge in [0.2, 0.25) is 10.0 Å². The molecule has 0 aliphatic carbocycles. The molecule has 1 aliphatic rings. The third-order valence-electron chi connectivity index (χ3n) is 5.03. The second-order valence-electron chi connectivity index (χ2n) is 6.97. The molecule has 0 N–H and O–H groups in total. The molecule has 1 saturated heterocycles.